The zero-order valence-corrected chi connectivity index (χ0v) is 11.8. The van der Waals surface area contributed by atoms with Crippen molar-refractivity contribution < 1.29 is 14.3 Å². The molecule has 0 aliphatic heterocycles. The highest BCUT2D eigenvalue weighted by Gasteiger charge is 2.18. The molecular weight excluding hydrogens is 307 g/mol. The lowest BCUT2D eigenvalue weighted by molar-refractivity contribution is -0.116. The molecule has 17 heavy (non-hydrogen) atoms. The molecule has 0 amide bonds. The number of rotatable bonds is 4. The highest BCUT2D eigenvalue weighted by atomic mass is 79.9. The van der Waals surface area contributed by atoms with Gasteiger partial charge in [-0.15, -0.1) is 11.6 Å². The van der Waals surface area contributed by atoms with Crippen molar-refractivity contribution >= 4 is 39.3 Å². The van der Waals surface area contributed by atoms with Crippen molar-refractivity contribution in [3.63, 3.8) is 0 Å². The molecule has 0 fully saturated rings. The van der Waals surface area contributed by atoms with E-state index in [1.165, 1.54) is 14.0 Å². The number of benzene rings is 1. The van der Waals surface area contributed by atoms with E-state index in [-0.39, 0.29) is 11.7 Å². The lowest BCUT2D eigenvalue weighted by atomic mass is 10.0. The largest absolute Gasteiger partial charge is 0.465 e. The third kappa shape index (κ3) is 3.30. The molecule has 0 saturated heterocycles. The number of ether oxygens (including phenoxy) is 1. The Hall–Kier alpha value is -0.870. The lowest BCUT2D eigenvalue weighted by Crippen LogP contribution is -2.07. The smallest absolute Gasteiger partial charge is 0.337 e. The topological polar surface area (TPSA) is 43.4 Å². The number of alkyl halides is 2. The number of esters is 1. The predicted octanol–water partition coefficient (Wildman–Crippen LogP) is 3.24. The Bertz CT molecular complexity index is 445. The summed E-state index contributed by atoms with van der Waals surface area (Å²) in [6.07, 6.45) is 0. The van der Waals surface area contributed by atoms with Crippen molar-refractivity contribution in [2.45, 2.75) is 17.6 Å². The second-order valence-electron chi connectivity index (χ2n) is 3.51. The fraction of sp³-hybridized carbons (Fsp3) is 0.333. The first-order valence-electron chi connectivity index (χ1n) is 4.93. The Labute approximate surface area is 113 Å². The molecule has 0 bridgehead atoms. The Morgan fingerprint density at radius 2 is 2.12 bits per heavy atom. The molecule has 0 aromatic heterocycles. The summed E-state index contributed by atoms with van der Waals surface area (Å²) < 4.78 is 4.62. The molecule has 0 saturated carbocycles. The summed E-state index contributed by atoms with van der Waals surface area (Å²) in [4.78, 5) is 22.3. The molecule has 0 N–H and O–H groups in total. The normalized spacial score (nSPS) is 12.0. The third-order valence-electron chi connectivity index (χ3n) is 2.34. The number of carbonyl (C=O) groups is 2. The standard InChI is InChI=1S/C12H12BrClO3/c1-7(15)11(13)10-4-3-8(12(16)17-2)5-9(10)6-14/h3-5,11H,6H2,1-2H3. The monoisotopic (exact) mass is 318 g/mol. The number of Topliss-reactive ketones (excluding diaryl/α,β-unsaturated/α-hetero) is 1. The quantitative estimate of drug-likeness (QED) is 0.632. The van der Waals surface area contributed by atoms with Gasteiger partial charge in [0.1, 0.15) is 5.78 Å². The number of ketones is 1. The van der Waals surface area contributed by atoms with Crippen molar-refractivity contribution in [1.82, 2.24) is 0 Å². The number of carbonyl (C=O) groups excluding carboxylic acids is 2. The lowest BCUT2D eigenvalue weighted by Gasteiger charge is -2.12. The summed E-state index contributed by atoms with van der Waals surface area (Å²) in [6, 6.07) is 4.98. The number of hydrogen-bond donors (Lipinski definition) is 0. The maximum atomic E-state index is 11.4. The molecule has 0 radical (unpaired) electrons. The first-order valence-corrected chi connectivity index (χ1v) is 6.38. The molecule has 3 nitrogen and oxygen atoms in total. The summed E-state index contributed by atoms with van der Waals surface area (Å²) in [7, 11) is 1.32. The number of hydrogen-bond acceptors (Lipinski definition) is 3. The van der Waals surface area contributed by atoms with E-state index in [1.54, 1.807) is 18.2 Å². The molecule has 0 spiro atoms. The van der Waals surface area contributed by atoms with Crippen LogP contribution in [0.2, 0.25) is 0 Å². The van der Waals surface area contributed by atoms with Crippen LogP contribution in [0.5, 0.6) is 0 Å². The van der Waals surface area contributed by atoms with E-state index in [9.17, 15) is 9.59 Å². The van der Waals surface area contributed by atoms with Crippen LogP contribution < -0.4 is 0 Å². The average molecular weight is 320 g/mol. The van der Waals surface area contributed by atoms with Gasteiger partial charge in [0.2, 0.25) is 0 Å². The van der Waals surface area contributed by atoms with E-state index in [0.717, 1.165) is 11.1 Å². The van der Waals surface area contributed by atoms with Crippen LogP contribution in [0.3, 0.4) is 0 Å². The maximum Gasteiger partial charge on any atom is 0.337 e. The minimum Gasteiger partial charge on any atom is -0.465 e. The molecule has 0 aliphatic carbocycles. The van der Waals surface area contributed by atoms with Crippen LogP contribution in [0.1, 0.15) is 33.2 Å². The molecule has 1 atom stereocenters. The molecule has 0 heterocycles. The van der Waals surface area contributed by atoms with Crippen molar-refractivity contribution in [1.29, 1.82) is 0 Å². The summed E-state index contributed by atoms with van der Waals surface area (Å²) in [5, 5.41) is 0. The summed E-state index contributed by atoms with van der Waals surface area (Å²) in [6.45, 7) is 1.49. The Morgan fingerprint density at radius 3 is 2.59 bits per heavy atom. The molecule has 92 valence electrons. The summed E-state index contributed by atoms with van der Waals surface area (Å²) in [5.74, 6) is -0.200. The first kappa shape index (κ1) is 14.2. The molecule has 1 unspecified atom stereocenters. The van der Waals surface area contributed by atoms with Gasteiger partial charge in [0.05, 0.1) is 17.5 Å². The van der Waals surface area contributed by atoms with Gasteiger partial charge in [0.25, 0.3) is 0 Å². The molecule has 1 aromatic carbocycles. The van der Waals surface area contributed by atoms with Crippen LogP contribution in [-0.2, 0) is 15.4 Å². The van der Waals surface area contributed by atoms with Crippen LogP contribution in [0, 0.1) is 0 Å². The SMILES string of the molecule is COC(=O)c1ccc(C(Br)C(C)=O)c(CCl)c1. The average Bonchev–Trinajstić information content (AvgIpc) is 2.35. The van der Waals surface area contributed by atoms with Crippen LogP contribution in [-0.4, -0.2) is 18.9 Å². The van der Waals surface area contributed by atoms with E-state index in [2.05, 4.69) is 20.7 Å². The van der Waals surface area contributed by atoms with Crippen molar-refractivity contribution in [2.75, 3.05) is 7.11 Å². The second-order valence-corrected chi connectivity index (χ2v) is 4.69. The van der Waals surface area contributed by atoms with Crippen LogP contribution in [0.4, 0.5) is 0 Å². The van der Waals surface area contributed by atoms with Crippen molar-refractivity contribution in [3.05, 3.63) is 34.9 Å². The van der Waals surface area contributed by atoms with Crippen LogP contribution in [0.25, 0.3) is 0 Å². The maximum absolute atomic E-state index is 11.4. The molecule has 0 aliphatic rings. The van der Waals surface area contributed by atoms with Gasteiger partial charge in [-0.2, -0.15) is 0 Å². The minimum atomic E-state index is -0.420. The van der Waals surface area contributed by atoms with E-state index < -0.39 is 10.8 Å². The van der Waals surface area contributed by atoms with Crippen molar-refractivity contribution in [3.8, 4) is 0 Å². The van der Waals surface area contributed by atoms with Gasteiger partial charge in [-0.25, -0.2) is 4.79 Å². The van der Waals surface area contributed by atoms with E-state index in [0.29, 0.717) is 5.56 Å². The predicted molar refractivity (Wildman–Crippen MR) is 69.7 cm³/mol. The van der Waals surface area contributed by atoms with E-state index >= 15 is 0 Å². The minimum absolute atomic E-state index is 0.0119. The van der Waals surface area contributed by atoms with Gasteiger partial charge in [-0.3, -0.25) is 4.79 Å². The Morgan fingerprint density at radius 1 is 1.47 bits per heavy atom. The fourth-order valence-electron chi connectivity index (χ4n) is 1.43. The van der Waals surface area contributed by atoms with E-state index in [4.69, 9.17) is 11.6 Å². The molecule has 1 rings (SSSR count). The van der Waals surface area contributed by atoms with Crippen LogP contribution in [0.15, 0.2) is 18.2 Å². The highest BCUT2D eigenvalue weighted by molar-refractivity contribution is 9.09. The van der Waals surface area contributed by atoms with Crippen LogP contribution >= 0.6 is 27.5 Å². The Balaban J connectivity index is 3.18. The highest BCUT2D eigenvalue weighted by Crippen LogP contribution is 2.28. The number of halogens is 2. The second kappa shape index (κ2) is 6.17. The molecule has 1 aromatic rings. The van der Waals surface area contributed by atoms with Gasteiger partial charge in [-0.05, 0) is 30.2 Å². The summed E-state index contributed by atoms with van der Waals surface area (Å²) in [5.41, 5.74) is 1.95. The third-order valence-corrected chi connectivity index (χ3v) is 3.76. The van der Waals surface area contributed by atoms with Gasteiger partial charge < -0.3 is 4.74 Å². The van der Waals surface area contributed by atoms with Gasteiger partial charge >= 0.3 is 5.97 Å². The Kier molecular flexibility index (Phi) is 5.15. The van der Waals surface area contributed by atoms with Gasteiger partial charge in [0.15, 0.2) is 0 Å². The molecular formula is C12H12BrClO3. The zero-order chi connectivity index (χ0) is 13.0. The number of methoxy groups -OCH3 is 1. The van der Waals surface area contributed by atoms with Gasteiger partial charge in [0, 0.05) is 5.88 Å². The van der Waals surface area contributed by atoms with Gasteiger partial charge in [-0.1, -0.05) is 22.0 Å². The van der Waals surface area contributed by atoms with Crippen molar-refractivity contribution in [2.24, 2.45) is 0 Å². The first-order chi connectivity index (χ1) is 8.01. The van der Waals surface area contributed by atoms with E-state index in [1.807, 2.05) is 0 Å². The fourth-order valence-corrected chi connectivity index (χ4v) is 2.11. The molecule has 5 heteroatoms. The summed E-state index contributed by atoms with van der Waals surface area (Å²) >= 11 is 9.11. The zero-order valence-electron chi connectivity index (χ0n) is 9.50.